The van der Waals surface area contributed by atoms with Gasteiger partial charge in [0, 0.05) is 0 Å². The largest absolute Gasteiger partial charge is 0.465 e. The topological polar surface area (TPSA) is 52.6 Å². The summed E-state index contributed by atoms with van der Waals surface area (Å²) in [5, 5.41) is 0. The Labute approximate surface area is 126 Å². The van der Waals surface area contributed by atoms with Crippen LogP contribution in [0.5, 0.6) is 0 Å². The van der Waals surface area contributed by atoms with Crippen molar-refractivity contribution >= 4 is 11.9 Å². The molecule has 0 atom stereocenters. The Morgan fingerprint density at radius 2 is 1.27 bits per heavy atom. The quantitative estimate of drug-likeness (QED) is 0.365. The summed E-state index contributed by atoms with van der Waals surface area (Å²) in [6.07, 6.45) is 0.354. The van der Waals surface area contributed by atoms with Crippen LogP contribution in [0.15, 0.2) is 0 Å². The molecule has 1 aromatic carbocycles. The Kier molecular flexibility index (Phi) is 9.08. The van der Waals surface area contributed by atoms with Gasteiger partial charge in [-0.25, -0.2) is 27.2 Å². The number of methoxy groups -OCH3 is 1. The number of rotatable bonds is 4. The minimum atomic E-state index is -2.21. The first-order valence-electron chi connectivity index (χ1n) is 5.48. The predicted octanol–water partition coefficient (Wildman–Crippen LogP) is 3.87. The summed E-state index contributed by atoms with van der Waals surface area (Å²) < 4.78 is 62.0. The van der Waals surface area contributed by atoms with E-state index < -0.39 is 46.3 Å². The van der Waals surface area contributed by atoms with Gasteiger partial charge in [-0.2, -0.15) is 0 Å². The first kappa shape index (κ1) is 22.2. The lowest BCUT2D eigenvalue weighted by Gasteiger charge is -2.11. The minimum absolute atomic E-state index is 0. The summed E-state index contributed by atoms with van der Waals surface area (Å²) >= 11 is 0. The smallest absolute Gasteiger partial charge is 0.342 e. The Morgan fingerprint density at radius 3 is 1.64 bits per heavy atom. The normalized spacial score (nSPS) is 9.36. The number of halogens is 4. The third-order valence-electron chi connectivity index (χ3n) is 2.30. The number of hydrogen-bond donors (Lipinski definition) is 0. The molecular weight excluding hydrogens is 308 g/mol. The second-order valence-corrected chi connectivity index (χ2v) is 3.63. The molecule has 0 aromatic heterocycles. The zero-order valence-electron chi connectivity index (χ0n) is 10.6. The summed E-state index contributed by atoms with van der Waals surface area (Å²) in [6.45, 7) is 1.45. The molecule has 0 heterocycles. The molecule has 0 N–H and O–H groups in total. The molecule has 0 amide bonds. The fraction of sp³-hybridized carbons (Fsp3) is 0.429. The van der Waals surface area contributed by atoms with Crippen molar-refractivity contribution in [2.45, 2.75) is 28.2 Å². The molecule has 1 aromatic rings. The van der Waals surface area contributed by atoms with Crippen molar-refractivity contribution in [3.63, 3.8) is 0 Å². The summed E-state index contributed by atoms with van der Waals surface area (Å²) in [5.41, 5.74) is -2.67. The lowest BCUT2D eigenvalue weighted by atomic mass is 10.1. The molecule has 0 fully saturated rings. The van der Waals surface area contributed by atoms with Crippen LogP contribution in [-0.4, -0.2) is 25.7 Å². The molecule has 0 saturated carbocycles. The maximum Gasteiger partial charge on any atom is 0.342 e. The van der Waals surface area contributed by atoms with Crippen LogP contribution >= 0.6 is 0 Å². The molecule has 0 radical (unpaired) electrons. The number of ether oxygens (including phenoxy) is 2. The molecule has 4 nitrogen and oxygen atoms in total. The second-order valence-electron chi connectivity index (χ2n) is 3.63. The summed E-state index contributed by atoms with van der Waals surface area (Å²) in [5.74, 6) is -11.5. The summed E-state index contributed by atoms with van der Waals surface area (Å²) in [6, 6.07) is 0. The maximum absolute atomic E-state index is 13.6. The van der Waals surface area contributed by atoms with E-state index in [1.807, 2.05) is 0 Å². The molecule has 0 unspecified atom stereocenters. The lowest BCUT2D eigenvalue weighted by molar-refractivity contribution is 0.0475. The van der Waals surface area contributed by atoms with Crippen molar-refractivity contribution in [2.24, 2.45) is 0 Å². The third kappa shape index (κ3) is 3.96. The monoisotopic (exact) mass is 326 g/mol. The summed E-state index contributed by atoms with van der Waals surface area (Å²) in [4.78, 5) is 22.9. The molecule has 0 aliphatic heterocycles. The van der Waals surface area contributed by atoms with Gasteiger partial charge in [0.05, 0.1) is 13.7 Å². The van der Waals surface area contributed by atoms with Crippen molar-refractivity contribution in [3.05, 3.63) is 34.4 Å². The van der Waals surface area contributed by atoms with E-state index in [1.165, 1.54) is 0 Å². The predicted molar refractivity (Wildman–Crippen MR) is 71.6 cm³/mol. The van der Waals surface area contributed by atoms with E-state index in [0.717, 1.165) is 7.11 Å². The molecule has 22 heavy (non-hydrogen) atoms. The molecule has 1 rings (SSSR count). The molecule has 0 aliphatic carbocycles. The zero-order valence-corrected chi connectivity index (χ0v) is 10.6. The Balaban J connectivity index is 0. The average molecular weight is 326 g/mol. The van der Waals surface area contributed by atoms with Crippen LogP contribution in [0.2, 0.25) is 0 Å². The van der Waals surface area contributed by atoms with Gasteiger partial charge in [0.2, 0.25) is 0 Å². The molecule has 126 valence electrons. The number of carbonyl (C=O) groups is 2. The van der Waals surface area contributed by atoms with Gasteiger partial charge in [-0.05, 0) is 6.42 Å². The van der Waals surface area contributed by atoms with Crippen molar-refractivity contribution in [1.82, 2.24) is 0 Å². The number of benzene rings is 1. The zero-order chi connectivity index (χ0) is 15.4. The van der Waals surface area contributed by atoms with E-state index in [4.69, 9.17) is 0 Å². The fourth-order valence-electron chi connectivity index (χ4n) is 1.38. The summed E-state index contributed by atoms with van der Waals surface area (Å²) in [7, 11) is 0.808. The van der Waals surface area contributed by atoms with Crippen molar-refractivity contribution in [1.29, 1.82) is 0 Å². The SMILES string of the molecule is C.C.CCCOC(=O)c1c(F)c(F)c(F)c(F)c1C(=O)OC. The van der Waals surface area contributed by atoms with Gasteiger partial charge in [-0.3, -0.25) is 0 Å². The first-order chi connectivity index (χ1) is 9.36. The Morgan fingerprint density at radius 1 is 0.864 bits per heavy atom. The minimum Gasteiger partial charge on any atom is -0.465 e. The van der Waals surface area contributed by atoms with Crippen LogP contribution in [0.4, 0.5) is 17.6 Å². The standard InChI is InChI=1S/C12H10F4O4.2CH4/c1-3-4-20-12(18)6-5(11(17)19-2)7(13)9(15)10(16)8(6)14;;/h3-4H2,1-2H3;2*1H4. The van der Waals surface area contributed by atoms with E-state index in [-0.39, 0.29) is 21.5 Å². The van der Waals surface area contributed by atoms with Gasteiger partial charge in [0.15, 0.2) is 23.3 Å². The van der Waals surface area contributed by atoms with Crippen molar-refractivity contribution in [2.75, 3.05) is 13.7 Å². The van der Waals surface area contributed by atoms with Crippen LogP contribution in [0.3, 0.4) is 0 Å². The van der Waals surface area contributed by atoms with Gasteiger partial charge in [0.1, 0.15) is 11.1 Å². The van der Waals surface area contributed by atoms with Crippen molar-refractivity contribution in [3.8, 4) is 0 Å². The van der Waals surface area contributed by atoms with Gasteiger partial charge in [0.25, 0.3) is 0 Å². The van der Waals surface area contributed by atoms with Gasteiger partial charge < -0.3 is 9.47 Å². The highest BCUT2D eigenvalue weighted by Crippen LogP contribution is 2.25. The van der Waals surface area contributed by atoms with Crippen LogP contribution in [0.25, 0.3) is 0 Å². The van der Waals surface area contributed by atoms with E-state index in [0.29, 0.717) is 6.42 Å². The van der Waals surface area contributed by atoms with E-state index >= 15 is 0 Å². The molecule has 0 saturated heterocycles. The van der Waals surface area contributed by atoms with Crippen LogP contribution in [-0.2, 0) is 9.47 Å². The van der Waals surface area contributed by atoms with E-state index in [1.54, 1.807) is 6.92 Å². The van der Waals surface area contributed by atoms with Gasteiger partial charge >= 0.3 is 11.9 Å². The van der Waals surface area contributed by atoms with Crippen molar-refractivity contribution < 1.29 is 36.6 Å². The highest BCUT2D eigenvalue weighted by atomic mass is 19.2. The molecule has 0 aliphatic rings. The molecule has 0 spiro atoms. The fourth-order valence-corrected chi connectivity index (χ4v) is 1.38. The van der Waals surface area contributed by atoms with Gasteiger partial charge in [-0.1, -0.05) is 21.8 Å². The molecule has 8 heteroatoms. The molecular formula is C14H18F4O4. The second kappa shape index (κ2) is 9.01. The average Bonchev–Trinajstić information content (AvgIpc) is 2.45. The van der Waals surface area contributed by atoms with Crippen LogP contribution in [0, 0.1) is 23.3 Å². The van der Waals surface area contributed by atoms with E-state index in [9.17, 15) is 27.2 Å². The number of esters is 2. The molecule has 0 bridgehead atoms. The maximum atomic E-state index is 13.6. The Hall–Kier alpha value is -2.12. The van der Waals surface area contributed by atoms with Gasteiger partial charge in [-0.15, -0.1) is 0 Å². The number of hydrogen-bond acceptors (Lipinski definition) is 4. The van der Waals surface area contributed by atoms with Crippen LogP contribution < -0.4 is 0 Å². The third-order valence-corrected chi connectivity index (χ3v) is 2.30. The Bertz CT molecular complexity index is 559. The highest BCUT2D eigenvalue weighted by Gasteiger charge is 2.34. The highest BCUT2D eigenvalue weighted by molar-refractivity contribution is 6.03. The first-order valence-corrected chi connectivity index (χ1v) is 5.48. The lowest BCUT2D eigenvalue weighted by Crippen LogP contribution is -2.20. The van der Waals surface area contributed by atoms with Crippen LogP contribution in [0.1, 0.15) is 48.9 Å². The van der Waals surface area contributed by atoms with E-state index in [2.05, 4.69) is 9.47 Å². The number of carbonyl (C=O) groups excluding carboxylic acids is 2.